The van der Waals surface area contributed by atoms with Gasteiger partial charge in [-0.2, -0.15) is 0 Å². The van der Waals surface area contributed by atoms with Gasteiger partial charge in [0.2, 0.25) is 0 Å². The summed E-state index contributed by atoms with van der Waals surface area (Å²) in [5.74, 6) is 0.393. The Morgan fingerprint density at radius 1 is 1.21 bits per heavy atom. The molecule has 1 atom stereocenters. The molecule has 1 aromatic rings. The van der Waals surface area contributed by atoms with E-state index in [1.807, 2.05) is 13.8 Å². The second-order valence-electron chi connectivity index (χ2n) is 4.81. The monoisotopic (exact) mass is 285 g/mol. The van der Waals surface area contributed by atoms with Crippen molar-refractivity contribution in [1.82, 2.24) is 15.3 Å². The van der Waals surface area contributed by atoms with E-state index >= 15 is 0 Å². The van der Waals surface area contributed by atoms with Gasteiger partial charge in [-0.25, -0.2) is 18.4 Å². The quantitative estimate of drug-likeness (QED) is 0.799. The summed E-state index contributed by atoms with van der Waals surface area (Å²) in [6, 6.07) is 0. The Morgan fingerprint density at radius 2 is 1.74 bits per heavy atom. The fourth-order valence-electron chi connectivity index (χ4n) is 1.89. The molecule has 0 spiro atoms. The molecule has 0 fully saturated rings. The predicted molar refractivity (Wildman–Crippen MR) is 77.0 cm³/mol. The van der Waals surface area contributed by atoms with Crippen LogP contribution in [0.25, 0.3) is 0 Å². The van der Waals surface area contributed by atoms with Crippen molar-refractivity contribution >= 4 is 9.84 Å². The highest BCUT2D eigenvalue weighted by Gasteiger charge is 2.21. The molecular formula is C13H23N3O2S. The number of sulfone groups is 1. The first-order valence-corrected chi connectivity index (χ1v) is 8.46. The van der Waals surface area contributed by atoms with Crippen LogP contribution >= 0.6 is 0 Å². The second kappa shape index (κ2) is 6.43. The lowest BCUT2D eigenvalue weighted by Gasteiger charge is -2.14. The summed E-state index contributed by atoms with van der Waals surface area (Å²) in [5, 5.41) is 2.60. The highest BCUT2D eigenvalue weighted by molar-refractivity contribution is 7.90. The van der Waals surface area contributed by atoms with Gasteiger partial charge < -0.3 is 5.32 Å². The molecule has 0 aromatic carbocycles. The van der Waals surface area contributed by atoms with Crippen LogP contribution in [0.1, 0.15) is 41.9 Å². The summed E-state index contributed by atoms with van der Waals surface area (Å²) < 4.78 is 23.1. The molecule has 1 N–H and O–H groups in total. The summed E-state index contributed by atoms with van der Waals surface area (Å²) in [4.78, 5) is 8.72. The molecule has 108 valence electrons. The minimum absolute atomic E-state index is 0.393. The van der Waals surface area contributed by atoms with Crippen LogP contribution in [-0.2, 0) is 16.3 Å². The Bertz CT molecular complexity index is 518. The van der Waals surface area contributed by atoms with E-state index in [1.165, 1.54) is 6.26 Å². The summed E-state index contributed by atoms with van der Waals surface area (Å²) in [6.45, 7) is 9.32. The van der Waals surface area contributed by atoms with Crippen molar-refractivity contribution < 1.29 is 8.42 Å². The van der Waals surface area contributed by atoms with Gasteiger partial charge in [0.05, 0.1) is 0 Å². The smallest absolute Gasteiger partial charge is 0.157 e. The summed E-state index contributed by atoms with van der Waals surface area (Å²) >= 11 is 0. The SMILES string of the molecule is CCNCCc1c(C)nc(C(C)S(C)(=O)=O)nc1C. The molecular weight excluding hydrogens is 262 g/mol. The maximum Gasteiger partial charge on any atom is 0.157 e. The normalized spacial score (nSPS) is 13.5. The zero-order valence-corrected chi connectivity index (χ0v) is 13.1. The zero-order valence-electron chi connectivity index (χ0n) is 12.3. The fourth-order valence-corrected chi connectivity index (χ4v) is 2.38. The van der Waals surface area contributed by atoms with Crippen LogP contribution in [-0.4, -0.2) is 37.7 Å². The number of hydrogen-bond donors (Lipinski definition) is 1. The van der Waals surface area contributed by atoms with Crippen molar-refractivity contribution in [3.8, 4) is 0 Å². The van der Waals surface area contributed by atoms with E-state index in [-0.39, 0.29) is 0 Å². The van der Waals surface area contributed by atoms with Crippen LogP contribution in [0.15, 0.2) is 0 Å². The Morgan fingerprint density at radius 3 is 2.16 bits per heavy atom. The average Bonchev–Trinajstić information content (AvgIpc) is 2.30. The average molecular weight is 285 g/mol. The summed E-state index contributed by atoms with van der Waals surface area (Å²) in [5.41, 5.74) is 2.84. The number of nitrogens with zero attached hydrogens (tertiary/aromatic N) is 2. The minimum Gasteiger partial charge on any atom is -0.317 e. The molecule has 1 aromatic heterocycles. The number of hydrogen-bond acceptors (Lipinski definition) is 5. The fraction of sp³-hybridized carbons (Fsp3) is 0.692. The van der Waals surface area contributed by atoms with Gasteiger partial charge in [0.1, 0.15) is 11.1 Å². The molecule has 1 unspecified atom stereocenters. The van der Waals surface area contributed by atoms with Crippen molar-refractivity contribution in [2.24, 2.45) is 0 Å². The van der Waals surface area contributed by atoms with Gasteiger partial charge in [-0.1, -0.05) is 6.92 Å². The first-order chi connectivity index (χ1) is 8.77. The first kappa shape index (κ1) is 16.0. The topological polar surface area (TPSA) is 72.0 Å². The molecule has 0 saturated carbocycles. The van der Waals surface area contributed by atoms with E-state index < -0.39 is 15.1 Å². The third-order valence-electron chi connectivity index (χ3n) is 3.25. The van der Waals surface area contributed by atoms with Gasteiger partial charge in [0.25, 0.3) is 0 Å². The van der Waals surface area contributed by atoms with Crippen molar-refractivity contribution in [3.05, 3.63) is 22.8 Å². The standard InChI is InChI=1S/C13H23N3O2S/c1-6-14-8-7-12-9(2)15-13(16-10(12)3)11(4)19(5,17)18/h11,14H,6-8H2,1-5H3. The minimum atomic E-state index is -3.16. The molecule has 19 heavy (non-hydrogen) atoms. The molecule has 0 aliphatic carbocycles. The van der Waals surface area contributed by atoms with Crippen molar-refractivity contribution in [2.75, 3.05) is 19.3 Å². The largest absolute Gasteiger partial charge is 0.317 e. The molecule has 0 radical (unpaired) electrons. The summed E-state index contributed by atoms with van der Waals surface area (Å²) in [7, 11) is -3.16. The molecule has 5 nitrogen and oxygen atoms in total. The van der Waals surface area contributed by atoms with E-state index in [9.17, 15) is 8.42 Å². The lowest BCUT2D eigenvalue weighted by atomic mass is 10.1. The summed E-state index contributed by atoms with van der Waals surface area (Å²) in [6.07, 6.45) is 2.07. The van der Waals surface area contributed by atoms with E-state index in [1.54, 1.807) is 6.92 Å². The van der Waals surface area contributed by atoms with Crippen LogP contribution in [0.2, 0.25) is 0 Å². The van der Waals surface area contributed by atoms with E-state index in [2.05, 4.69) is 22.2 Å². The second-order valence-corrected chi connectivity index (χ2v) is 7.17. The van der Waals surface area contributed by atoms with Crippen LogP contribution in [0.4, 0.5) is 0 Å². The molecule has 0 bridgehead atoms. The Labute approximate surface area is 115 Å². The first-order valence-electron chi connectivity index (χ1n) is 6.51. The number of likely N-dealkylation sites (N-methyl/N-ethyl adjacent to an activating group) is 1. The zero-order chi connectivity index (χ0) is 14.6. The van der Waals surface area contributed by atoms with E-state index in [0.29, 0.717) is 5.82 Å². The van der Waals surface area contributed by atoms with Gasteiger partial charge in [0, 0.05) is 17.6 Å². The third-order valence-corrected chi connectivity index (χ3v) is 4.74. The van der Waals surface area contributed by atoms with Gasteiger partial charge in [-0.15, -0.1) is 0 Å². The maximum absolute atomic E-state index is 11.6. The Kier molecular flexibility index (Phi) is 5.43. The molecule has 0 aliphatic heterocycles. The van der Waals surface area contributed by atoms with E-state index in [0.717, 1.165) is 36.5 Å². The van der Waals surface area contributed by atoms with Crippen LogP contribution < -0.4 is 5.32 Å². The van der Waals surface area contributed by atoms with Gasteiger partial charge in [0.15, 0.2) is 9.84 Å². The van der Waals surface area contributed by atoms with Crippen molar-refractivity contribution in [3.63, 3.8) is 0 Å². The van der Waals surface area contributed by atoms with Crippen molar-refractivity contribution in [1.29, 1.82) is 0 Å². The highest BCUT2D eigenvalue weighted by Crippen LogP contribution is 2.20. The van der Waals surface area contributed by atoms with Crippen LogP contribution in [0, 0.1) is 13.8 Å². The van der Waals surface area contributed by atoms with Crippen molar-refractivity contribution in [2.45, 2.75) is 39.4 Å². The van der Waals surface area contributed by atoms with Crippen LogP contribution in [0.3, 0.4) is 0 Å². The Balaban J connectivity index is 3.03. The number of aromatic nitrogens is 2. The highest BCUT2D eigenvalue weighted by atomic mass is 32.2. The lowest BCUT2D eigenvalue weighted by molar-refractivity contribution is 0.588. The predicted octanol–water partition coefficient (Wildman–Crippen LogP) is 1.35. The third kappa shape index (κ3) is 4.24. The number of nitrogens with one attached hydrogen (secondary N) is 1. The molecule has 1 rings (SSSR count). The Hall–Kier alpha value is -1.01. The lowest BCUT2D eigenvalue weighted by Crippen LogP contribution is -2.19. The molecule has 0 amide bonds. The van der Waals surface area contributed by atoms with Gasteiger partial charge in [-0.3, -0.25) is 0 Å². The number of aryl methyl sites for hydroxylation is 2. The molecule has 0 aliphatic rings. The van der Waals surface area contributed by atoms with Gasteiger partial charge >= 0.3 is 0 Å². The van der Waals surface area contributed by atoms with E-state index in [4.69, 9.17) is 0 Å². The number of rotatable bonds is 6. The molecule has 0 saturated heterocycles. The van der Waals surface area contributed by atoms with Crippen LogP contribution in [0.5, 0.6) is 0 Å². The molecule has 6 heteroatoms. The maximum atomic E-state index is 11.6. The van der Waals surface area contributed by atoms with Gasteiger partial charge in [-0.05, 0) is 45.8 Å². The molecule has 1 heterocycles.